The molecule has 2 aliphatic heterocycles. The minimum absolute atomic E-state index is 0.121. The fourth-order valence-corrected chi connectivity index (χ4v) is 4.79. The fourth-order valence-electron chi connectivity index (χ4n) is 3.30. The summed E-state index contributed by atoms with van der Waals surface area (Å²) in [7, 11) is -2.13. The van der Waals surface area contributed by atoms with Gasteiger partial charge in [0.05, 0.1) is 25.2 Å². The van der Waals surface area contributed by atoms with Gasteiger partial charge < -0.3 is 18.9 Å². The highest BCUT2D eigenvalue weighted by Crippen LogP contribution is 2.33. The molecule has 2 aliphatic rings. The van der Waals surface area contributed by atoms with Crippen LogP contribution in [0.2, 0.25) is 0 Å². The summed E-state index contributed by atoms with van der Waals surface area (Å²) in [4.78, 5) is 8.29. The summed E-state index contributed by atoms with van der Waals surface area (Å²) >= 11 is 0. The molecule has 2 aromatic rings. The van der Waals surface area contributed by atoms with Gasteiger partial charge in [0.1, 0.15) is 6.10 Å². The maximum absolute atomic E-state index is 13.1. The number of aromatic nitrogens is 2. The molecule has 9 nitrogen and oxygen atoms in total. The van der Waals surface area contributed by atoms with Crippen molar-refractivity contribution in [3.8, 4) is 23.4 Å². The molecular formula is C19H23N3O6S. The number of piperidine rings is 1. The lowest BCUT2D eigenvalue weighted by molar-refractivity contribution is 0.128. The van der Waals surface area contributed by atoms with Crippen molar-refractivity contribution in [3.63, 3.8) is 0 Å². The van der Waals surface area contributed by atoms with Crippen LogP contribution in [0, 0.1) is 0 Å². The summed E-state index contributed by atoms with van der Waals surface area (Å²) in [5.41, 5.74) is 0. The Balaban J connectivity index is 1.41. The van der Waals surface area contributed by atoms with Gasteiger partial charge in [0, 0.05) is 37.8 Å². The third-order valence-corrected chi connectivity index (χ3v) is 6.73. The Morgan fingerprint density at radius 3 is 2.62 bits per heavy atom. The standard InChI is InChI=1S/C19H23N3O6S/c1-25-19-20-8-5-18(21-19)28-14-6-9-22(10-7-14)29(23,24)15-3-4-16-17(13-15)27-12-2-11-26-16/h3-5,8,13-14H,2,6-7,9-12H2,1H3. The van der Waals surface area contributed by atoms with Crippen LogP contribution in [-0.4, -0.2) is 62.2 Å². The second-order valence-electron chi connectivity index (χ2n) is 6.76. The third-order valence-electron chi connectivity index (χ3n) is 4.84. The first-order valence-electron chi connectivity index (χ1n) is 9.50. The normalized spacial score (nSPS) is 18.1. The van der Waals surface area contributed by atoms with Gasteiger partial charge >= 0.3 is 6.01 Å². The molecule has 0 amide bonds. The third kappa shape index (κ3) is 4.38. The predicted octanol–water partition coefficient (Wildman–Crippen LogP) is 1.88. The van der Waals surface area contributed by atoms with Crippen LogP contribution in [0.1, 0.15) is 19.3 Å². The van der Waals surface area contributed by atoms with Crippen molar-refractivity contribution >= 4 is 10.0 Å². The minimum Gasteiger partial charge on any atom is -0.490 e. The summed E-state index contributed by atoms with van der Waals surface area (Å²) < 4.78 is 49.7. The second-order valence-corrected chi connectivity index (χ2v) is 8.70. The molecular weight excluding hydrogens is 398 g/mol. The number of rotatable bonds is 5. The lowest BCUT2D eigenvalue weighted by Gasteiger charge is -2.31. The molecule has 0 radical (unpaired) electrons. The highest BCUT2D eigenvalue weighted by molar-refractivity contribution is 7.89. The van der Waals surface area contributed by atoms with Gasteiger partial charge in [-0.15, -0.1) is 0 Å². The smallest absolute Gasteiger partial charge is 0.319 e. The van der Waals surface area contributed by atoms with E-state index >= 15 is 0 Å². The number of methoxy groups -OCH3 is 1. The van der Waals surface area contributed by atoms with E-state index in [4.69, 9.17) is 18.9 Å². The van der Waals surface area contributed by atoms with Crippen molar-refractivity contribution in [2.75, 3.05) is 33.4 Å². The summed E-state index contributed by atoms with van der Waals surface area (Å²) in [5.74, 6) is 1.47. The summed E-state index contributed by atoms with van der Waals surface area (Å²) in [6.45, 7) is 1.80. The Kier molecular flexibility index (Phi) is 5.72. The lowest BCUT2D eigenvalue weighted by Crippen LogP contribution is -2.41. The molecule has 4 rings (SSSR count). The maximum Gasteiger partial charge on any atom is 0.319 e. The molecule has 0 saturated carbocycles. The molecule has 0 spiro atoms. The first-order valence-corrected chi connectivity index (χ1v) is 10.9. The van der Waals surface area contributed by atoms with Crippen LogP contribution in [0.5, 0.6) is 23.4 Å². The predicted molar refractivity (Wildman–Crippen MR) is 103 cm³/mol. The molecule has 156 valence electrons. The molecule has 1 saturated heterocycles. The molecule has 0 unspecified atom stereocenters. The number of fused-ring (bicyclic) bond motifs is 1. The molecule has 10 heteroatoms. The van der Waals surface area contributed by atoms with Gasteiger partial charge in [0.25, 0.3) is 0 Å². The number of hydrogen-bond donors (Lipinski definition) is 0. The Morgan fingerprint density at radius 1 is 1.10 bits per heavy atom. The van der Waals surface area contributed by atoms with Gasteiger partial charge in [-0.2, -0.15) is 9.29 Å². The molecule has 1 fully saturated rings. The first-order chi connectivity index (χ1) is 14.1. The Bertz CT molecular complexity index is 960. The van der Waals surface area contributed by atoms with Crippen molar-refractivity contribution < 1.29 is 27.4 Å². The van der Waals surface area contributed by atoms with E-state index in [2.05, 4.69) is 9.97 Å². The van der Waals surface area contributed by atoms with Crippen LogP contribution < -0.4 is 18.9 Å². The van der Waals surface area contributed by atoms with E-state index in [1.54, 1.807) is 30.5 Å². The highest BCUT2D eigenvalue weighted by Gasteiger charge is 2.31. The number of ether oxygens (including phenoxy) is 4. The Hall–Kier alpha value is -2.59. The zero-order valence-electron chi connectivity index (χ0n) is 16.1. The molecule has 29 heavy (non-hydrogen) atoms. The monoisotopic (exact) mass is 421 g/mol. The Morgan fingerprint density at radius 2 is 1.86 bits per heavy atom. The van der Waals surface area contributed by atoms with Gasteiger partial charge in [-0.1, -0.05) is 0 Å². The van der Waals surface area contributed by atoms with Crippen LogP contribution >= 0.6 is 0 Å². The summed E-state index contributed by atoms with van der Waals surface area (Å²) in [6.07, 6.45) is 3.34. The van der Waals surface area contributed by atoms with Crippen LogP contribution in [-0.2, 0) is 10.0 Å². The maximum atomic E-state index is 13.1. The zero-order valence-corrected chi connectivity index (χ0v) is 16.9. The fraction of sp³-hybridized carbons (Fsp3) is 0.474. The van der Waals surface area contributed by atoms with Gasteiger partial charge in [-0.25, -0.2) is 13.4 Å². The lowest BCUT2D eigenvalue weighted by atomic mass is 10.1. The number of sulfonamides is 1. The topological polar surface area (TPSA) is 100 Å². The molecule has 3 heterocycles. The Labute approximate surface area is 169 Å². The van der Waals surface area contributed by atoms with E-state index in [9.17, 15) is 8.42 Å². The largest absolute Gasteiger partial charge is 0.490 e. The van der Waals surface area contributed by atoms with Crippen molar-refractivity contribution in [2.24, 2.45) is 0 Å². The zero-order chi connectivity index (χ0) is 20.3. The quantitative estimate of drug-likeness (QED) is 0.721. The van der Waals surface area contributed by atoms with Gasteiger partial charge in [-0.05, 0) is 25.0 Å². The van der Waals surface area contributed by atoms with E-state index in [0.717, 1.165) is 6.42 Å². The van der Waals surface area contributed by atoms with Crippen molar-refractivity contribution in [1.82, 2.24) is 14.3 Å². The van der Waals surface area contributed by atoms with E-state index in [1.165, 1.54) is 11.4 Å². The van der Waals surface area contributed by atoms with Crippen molar-refractivity contribution in [3.05, 3.63) is 30.5 Å². The molecule has 1 aromatic carbocycles. The van der Waals surface area contributed by atoms with Crippen LogP contribution in [0.15, 0.2) is 35.4 Å². The van der Waals surface area contributed by atoms with E-state index in [0.29, 0.717) is 56.5 Å². The van der Waals surface area contributed by atoms with Crippen LogP contribution in [0.25, 0.3) is 0 Å². The van der Waals surface area contributed by atoms with Crippen molar-refractivity contribution in [1.29, 1.82) is 0 Å². The molecule has 0 bridgehead atoms. The van der Waals surface area contributed by atoms with Crippen LogP contribution in [0.3, 0.4) is 0 Å². The molecule has 0 aliphatic carbocycles. The van der Waals surface area contributed by atoms with Crippen molar-refractivity contribution in [2.45, 2.75) is 30.3 Å². The average molecular weight is 421 g/mol. The first kappa shape index (κ1) is 19.7. The van der Waals surface area contributed by atoms with Gasteiger partial charge in [0.2, 0.25) is 15.9 Å². The second kappa shape index (κ2) is 8.42. The number of benzene rings is 1. The molecule has 1 aromatic heterocycles. The van der Waals surface area contributed by atoms with E-state index in [-0.39, 0.29) is 17.0 Å². The summed E-state index contributed by atoms with van der Waals surface area (Å²) in [6, 6.07) is 6.66. The van der Waals surface area contributed by atoms with Gasteiger partial charge in [-0.3, -0.25) is 0 Å². The molecule has 0 atom stereocenters. The summed E-state index contributed by atoms with van der Waals surface area (Å²) in [5, 5.41) is 0. The van der Waals surface area contributed by atoms with Gasteiger partial charge in [0.15, 0.2) is 11.5 Å². The van der Waals surface area contributed by atoms with Crippen LogP contribution in [0.4, 0.5) is 0 Å². The number of hydrogen-bond acceptors (Lipinski definition) is 8. The molecule has 0 N–H and O–H groups in total. The van der Waals surface area contributed by atoms with E-state index < -0.39 is 10.0 Å². The highest BCUT2D eigenvalue weighted by atomic mass is 32.2. The minimum atomic E-state index is -3.62. The number of nitrogens with zero attached hydrogens (tertiary/aromatic N) is 3. The SMILES string of the molecule is COc1nccc(OC2CCN(S(=O)(=O)c3ccc4c(c3)OCCCO4)CC2)n1. The van der Waals surface area contributed by atoms with E-state index in [1.807, 2.05) is 0 Å². The average Bonchev–Trinajstić information content (AvgIpc) is 2.99.